The number of hydrogen-bond acceptors (Lipinski definition) is 8. The van der Waals surface area contributed by atoms with Gasteiger partial charge in [-0.1, -0.05) is 59.6 Å². The van der Waals surface area contributed by atoms with Crippen molar-refractivity contribution >= 4 is 29.2 Å². The maximum atomic E-state index is 12.5. The van der Waals surface area contributed by atoms with Gasteiger partial charge in [-0.15, -0.1) is 0 Å². The molecule has 1 atom stereocenters. The fourth-order valence-electron chi connectivity index (χ4n) is 4.74. The van der Waals surface area contributed by atoms with E-state index in [1.807, 2.05) is 44.2 Å². The molecule has 1 aliphatic heterocycles. The fraction of sp³-hybridized carbons (Fsp3) is 0.176. The summed E-state index contributed by atoms with van der Waals surface area (Å²) < 4.78 is 28.8. The van der Waals surface area contributed by atoms with Gasteiger partial charge >= 0.3 is 5.97 Å². The molecule has 1 heterocycles. The van der Waals surface area contributed by atoms with E-state index >= 15 is 0 Å². The van der Waals surface area contributed by atoms with Crippen LogP contribution in [0.25, 0.3) is 0 Å². The van der Waals surface area contributed by atoms with Crippen LogP contribution in [0.2, 0.25) is 10.0 Å². The minimum Gasteiger partial charge on any atom is -0.490 e. The highest BCUT2D eigenvalue weighted by atomic mass is 35.5. The molecule has 0 aromatic heterocycles. The third-order valence-corrected chi connectivity index (χ3v) is 7.45. The number of para-hydroxylation sites is 1. The summed E-state index contributed by atoms with van der Waals surface area (Å²) in [6, 6.07) is 25.1. The Labute approximate surface area is 265 Å². The molecule has 0 radical (unpaired) electrons. The van der Waals surface area contributed by atoms with Crippen LogP contribution in [-0.4, -0.2) is 19.2 Å². The number of rotatable bonds is 10. The van der Waals surface area contributed by atoms with Crippen LogP contribution in [0.4, 0.5) is 0 Å². The second kappa shape index (κ2) is 13.6. The highest BCUT2D eigenvalue weighted by Crippen LogP contribution is 2.45. The summed E-state index contributed by atoms with van der Waals surface area (Å²) in [5, 5.41) is 11.0. The van der Waals surface area contributed by atoms with Gasteiger partial charge in [-0.05, 0) is 61.4 Å². The first-order valence-electron chi connectivity index (χ1n) is 13.7. The molecule has 0 spiro atoms. The lowest BCUT2D eigenvalue weighted by atomic mass is 9.83. The lowest BCUT2D eigenvalue weighted by molar-refractivity contribution is -0.136. The summed E-state index contributed by atoms with van der Waals surface area (Å²) in [6.45, 7) is 4.07. The molecule has 0 saturated carbocycles. The van der Waals surface area contributed by atoms with Crippen molar-refractivity contribution in [2.45, 2.75) is 26.4 Å². The molecule has 1 unspecified atom stereocenters. The van der Waals surface area contributed by atoms with Gasteiger partial charge in [0.15, 0.2) is 18.1 Å². The molecule has 8 nitrogen and oxygen atoms in total. The van der Waals surface area contributed by atoms with E-state index in [0.717, 1.165) is 16.7 Å². The molecule has 224 valence electrons. The molecule has 0 bridgehead atoms. The van der Waals surface area contributed by atoms with Crippen molar-refractivity contribution in [3.05, 3.63) is 123 Å². The number of ether oxygens (including phenoxy) is 5. The third-order valence-electron chi connectivity index (χ3n) is 6.86. The largest absolute Gasteiger partial charge is 0.490 e. The van der Waals surface area contributed by atoms with Crippen LogP contribution in [0, 0.1) is 18.3 Å². The lowest BCUT2D eigenvalue weighted by Crippen LogP contribution is -2.22. The molecule has 0 amide bonds. The molecule has 44 heavy (non-hydrogen) atoms. The Balaban J connectivity index is 1.38. The van der Waals surface area contributed by atoms with Gasteiger partial charge in [0, 0.05) is 27.2 Å². The SMILES string of the molecule is CCOc1cc(C2C(C#N)=C(N)Oc3cc(OC(=O)COc4ccccc4C)ccc32)ccc1OCc1ccc(Cl)cc1Cl. The number of benzene rings is 4. The summed E-state index contributed by atoms with van der Waals surface area (Å²) in [7, 11) is 0. The first-order valence-corrected chi connectivity index (χ1v) is 14.5. The zero-order valence-corrected chi connectivity index (χ0v) is 25.4. The van der Waals surface area contributed by atoms with Gasteiger partial charge in [-0.2, -0.15) is 5.26 Å². The standard InChI is InChI=1S/C34H28Cl2N2O6/c1-3-40-31-14-21(9-13-29(31)41-18-22-8-10-23(35)15-27(22)36)33-25-12-11-24(16-30(25)44-34(38)26(33)17-37)43-32(39)19-42-28-7-5-4-6-20(28)2/h4-16,33H,3,18-19,38H2,1-2H3. The monoisotopic (exact) mass is 630 g/mol. The van der Waals surface area contributed by atoms with E-state index < -0.39 is 11.9 Å². The molecule has 1 aliphatic rings. The van der Waals surface area contributed by atoms with E-state index in [9.17, 15) is 10.1 Å². The first kappa shape index (κ1) is 30.6. The summed E-state index contributed by atoms with van der Waals surface area (Å²) in [5.41, 5.74) is 9.50. The first-order chi connectivity index (χ1) is 21.3. The summed E-state index contributed by atoms with van der Waals surface area (Å²) >= 11 is 12.3. The lowest BCUT2D eigenvalue weighted by Gasteiger charge is -2.27. The Morgan fingerprint density at radius 2 is 1.77 bits per heavy atom. The molecule has 0 aliphatic carbocycles. The molecule has 0 saturated heterocycles. The molecule has 2 N–H and O–H groups in total. The zero-order chi connectivity index (χ0) is 31.2. The van der Waals surface area contributed by atoms with E-state index in [-0.39, 0.29) is 30.4 Å². The van der Waals surface area contributed by atoms with Crippen LogP contribution < -0.4 is 29.4 Å². The van der Waals surface area contributed by atoms with E-state index in [2.05, 4.69) is 6.07 Å². The number of nitriles is 1. The van der Waals surface area contributed by atoms with E-state index in [1.165, 1.54) is 0 Å². The van der Waals surface area contributed by atoms with Gasteiger partial charge in [-0.3, -0.25) is 0 Å². The fourth-order valence-corrected chi connectivity index (χ4v) is 5.21. The van der Waals surface area contributed by atoms with Crippen molar-refractivity contribution in [2.24, 2.45) is 5.73 Å². The second-order valence-electron chi connectivity index (χ2n) is 9.82. The predicted octanol–water partition coefficient (Wildman–Crippen LogP) is 7.48. The third kappa shape index (κ3) is 6.86. The highest BCUT2D eigenvalue weighted by Gasteiger charge is 2.32. The van der Waals surface area contributed by atoms with Crippen molar-refractivity contribution < 1.29 is 28.5 Å². The van der Waals surface area contributed by atoms with Gasteiger partial charge in [-0.25, -0.2) is 4.79 Å². The molecule has 10 heteroatoms. The smallest absolute Gasteiger partial charge is 0.349 e. The van der Waals surface area contributed by atoms with Crippen LogP contribution in [0.3, 0.4) is 0 Å². The van der Waals surface area contributed by atoms with Crippen LogP contribution in [-0.2, 0) is 11.4 Å². The topological polar surface area (TPSA) is 113 Å². The number of aryl methyl sites for hydroxylation is 1. The average Bonchev–Trinajstić information content (AvgIpc) is 3.00. The average molecular weight is 632 g/mol. The normalized spacial score (nSPS) is 13.8. The van der Waals surface area contributed by atoms with Crippen molar-refractivity contribution in [3.8, 4) is 34.8 Å². The molecular weight excluding hydrogens is 603 g/mol. The Morgan fingerprint density at radius 3 is 2.52 bits per heavy atom. The molecule has 0 fully saturated rings. The molecule has 4 aromatic carbocycles. The molecule has 5 rings (SSSR count). The number of hydrogen-bond donors (Lipinski definition) is 1. The van der Waals surface area contributed by atoms with Crippen LogP contribution in [0.15, 0.2) is 90.3 Å². The minimum absolute atomic E-state index is 0.0490. The Morgan fingerprint density at radius 1 is 0.955 bits per heavy atom. The maximum absolute atomic E-state index is 12.5. The second-order valence-corrected chi connectivity index (χ2v) is 10.7. The Hall–Kier alpha value is -4.84. The van der Waals surface area contributed by atoms with E-state index in [0.29, 0.717) is 45.2 Å². The number of nitrogens with zero attached hydrogens (tertiary/aromatic N) is 1. The number of allylic oxidation sites excluding steroid dienone is 1. The van der Waals surface area contributed by atoms with E-state index in [4.69, 9.17) is 52.6 Å². The van der Waals surface area contributed by atoms with Crippen LogP contribution >= 0.6 is 23.2 Å². The summed E-state index contributed by atoms with van der Waals surface area (Å²) in [5.74, 6) is 0.973. The molecule has 4 aromatic rings. The zero-order valence-electron chi connectivity index (χ0n) is 23.9. The van der Waals surface area contributed by atoms with Crippen molar-refractivity contribution in [2.75, 3.05) is 13.2 Å². The van der Waals surface area contributed by atoms with Gasteiger partial charge in [0.05, 0.1) is 12.5 Å². The number of esters is 1. The van der Waals surface area contributed by atoms with Gasteiger partial charge in [0.25, 0.3) is 0 Å². The number of carbonyl (C=O) groups is 1. The minimum atomic E-state index is -0.585. The van der Waals surface area contributed by atoms with Gasteiger partial charge < -0.3 is 29.4 Å². The van der Waals surface area contributed by atoms with Gasteiger partial charge in [0.1, 0.15) is 35.5 Å². The molecular formula is C34H28Cl2N2O6. The van der Waals surface area contributed by atoms with Crippen molar-refractivity contribution in [1.29, 1.82) is 5.26 Å². The maximum Gasteiger partial charge on any atom is 0.349 e. The van der Waals surface area contributed by atoms with Crippen molar-refractivity contribution in [1.82, 2.24) is 0 Å². The highest BCUT2D eigenvalue weighted by molar-refractivity contribution is 6.35. The number of carbonyl (C=O) groups excluding carboxylic acids is 1. The number of fused-ring (bicyclic) bond motifs is 1. The number of nitrogens with two attached hydrogens (primary N) is 1. The van der Waals surface area contributed by atoms with E-state index in [1.54, 1.807) is 48.5 Å². The van der Waals surface area contributed by atoms with Gasteiger partial charge in [0.2, 0.25) is 5.88 Å². The summed E-state index contributed by atoms with van der Waals surface area (Å²) in [4.78, 5) is 12.5. The van der Waals surface area contributed by atoms with Crippen LogP contribution in [0.5, 0.6) is 28.7 Å². The van der Waals surface area contributed by atoms with Crippen LogP contribution in [0.1, 0.15) is 35.1 Å². The Kier molecular flexibility index (Phi) is 9.49. The quantitative estimate of drug-likeness (QED) is 0.142. The predicted molar refractivity (Wildman–Crippen MR) is 166 cm³/mol. The number of halogens is 2. The summed E-state index contributed by atoms with van der Waals surface area (Å²) in [6.07, 6.45) is 0. The van der Waals surface area contributed by atoms with Crippen molar-refractivity contribution in [3.63, 3.8) is 0 Å². The Bertz CT molecular complexity index is 1780.